The number of amides is 1. The van der Waals surface area contributed by atoms with E-state index >= 15 is 0 Å². The van der Waals surface area contributed by atoms with Crippen LogP contribution in [0.15, 0.2) is 11.6 Å². The molecule has 122 valence electrons. The third kappa shape index (κ3) is 3.41. The van der Waals surface area contributed by atoms with Crippen molar-refractivity contribution in [2.24, 2.45) is 5.73 Å². The lowest BCUT2D eigenvalue weighted by Gasteiger charge is -2.29. The molecule has 0 aliphatic carbocycles. The number of carbonyl (C=O) groups is 1. The van der Waals surface area contributed by atoms with E-state index in [1.807, 2.05) is 50.6 Å². The van der Waals surface area contributed by atoms with Crippen LogP contribution in [0.5, 0.6) is 0 Å². The van der Waals surface area contributed by atoms with Crippen molar-refractivity contribution in [1.82, 2.24) is 14.7 Å². The Morgan fingerprint density at radius 1 is 1.45 bits per heavy atom. The van der Waals surface area contributed by atoms with Crippen molar-refractivity contribution in [2.45, 2.75) is 45.6 Å². The van der Waals surface area contributed by atoms with Gasteiger partial charge in [-0.25, -0.2) is 9.78 Å². The summed E-state index contributed by atoms with van der Waals surface area (Å²) in [7, 11) is 0. The van der Waals surface area contributed by atoms with Crippen molar-refractivity contribution >= 4 is 22.4 Å². The summed E-state index contributed by atoms with van der Waals surface area (Å²) in [5.41, 5.74) is 7.04. The standard InChI is InChI=1S/C15H24N4O2S/c1-10-11(19-6-7-22-12(19)18-10)15(5,8-16)9-17-13(20)21-14(2,3)4/h6-7H,8-9,16H2,1-5H3,(H,17,20). The predicted molar refractivity (Wildman–Crippen MR) is 88.4 cm³/mol. The van der Waals surface area contributed by atoms with Crippen molar-refractivity contribution in [3.63, 3.8) is 0 Å². The number of fused-ring (bicyclic) bond motifs is 1. The molecule has 0 aliphatic heterocycles. The number of nitrogens with one attached hydrogen (secondary N) is 1. The molecule has 2 aromatic rings. The highest BCUT2D eigenvalue weighted by molar-refractivity contribution is 7.15. The first-order chi connectivity index (χ1) is 10.2. The molecule has 0 aliphatic rings. The van der Waals surface area contributed by atoms with E-state index in [4.69, 9.17) is 10.5 Å². The third-order valence-corrected chi connectivity index (χ3v) is 4.24. The molecule has 0 radical (unpaired) electrons. The maximum absolute atomic E-state index is 11.9. The van der Waals surface area contributed by atoms with Crippen molar-refractivity contribution < 1.29 is 9.53 Å². The topological polar surface area (TPSA) is 81.7 Å². The lowest BCUT2D eigenvalue weighted by Crippen LogP contribution is -2.46. The van der Waals surface area contributed by atoms with Gasteiger partial charge in [-0.1, -0.05) is 6.92 Å². The lowest BCUT2D eigenvalue weighted by atomic mass is 9.85. The number of hydrogen-bond donors (Lipinski definition) is 2. The third-order valence-electron chi connectivity index (χ3n) is 3.48. The number of aromatic nitrogens is 2. The number of thiazole rings is 1. The average molecular weight is 324 g/mol. The number of nitrogens with two attached hydrogens (primary N) is 1. The maximum Gasteiger partial charge on any atom is 0.407 e. The molecule has 0 spiro atoms. The van der Waals surface area contributed by atoms with Gasteiger partial charge < -0.3 is 15.8 Å². The van der Waals surface area contributed by atoms with Crippen LogP contribution in [-0.4, -0.2) is 34.2 Å². The molecule has 1 atom stereocenters. The molecule has 0 aromatic carbocycles. The Balaban J connectivity index is 2.20. The SMILES string of the molecule is Cc1nc2sccn2c1C(C)(CN)CNC(=O)OC(C)(C)C. The lowest BCUT2D eigenvalue weighted by molar-refractivity contribution is 0.0516. The van der Waals surface area contributed by atoms with Gasteiger partial charge in [0.1, 0.15) is 5.60 Å². The summed E-state index contributed by atoms with van der Waals surface area (Å²) < 4.78 is 7.33. The summed E-state index contributed by atoms with van der Waals surface area (Å²) in [6, 6.07) is 0. The van der Waals surface area contributed by atoms with Crippen molar-refractivity contribution in [2.75, 3.05) is 13.1 Å². The first-order valence-electron chi connectivity index (χ1n) is 7.26. The fourth-order valence-corrected chi connectivity index (χ4v) is 3.21. The van der Waals surface area contributed by atoms with Crippen LogP contribution in [0.25, 0.3) is 4.96 Å². The molecule has 0 saturated heterocycles. The fraction of sp³-hybridized carbons (Fsp3) is 0.600. The summed E-state index contributed by atoms with van der Waals surface area (Å²) in [6.07, 6.45) is 1.55. The van der Waals surface area contributed by atoms with Gasteiger partial charge in [0.05, 0.1) is 11.4 Å². The molecule has 0 saturated carbocycles. The van der Waals surface area contributed by atoms with Gasteiger partial charge in [-0.15, -0.1) is 11.3 Å². The molecule has 3 N–H and O–H groups in total. The summed E-state index contributed by atoms with van der Waals surface area (Å²) in [5, 5.41) is 4.81. The smallest absolute Gasteiger partial charge is 0.407 e. The Morgan fingerprint density at radius 3 is 2.73 bits per heavy atom. The van der Waals surface area contributed by atoms with Crippen LogP contribution in [0.2, 0.25) is 0 Å². The van der Waals surface area contributed by atoms with Gasteiger partial charge in [-0.05, 0) is 27.7 Å². The van der Waals surface area contributed by atoms with E-state index in [9.17, 15) is 4.79 Å². The van der Waals surface area contributed by atoms with E-state index in [1.54, 1.807) is 11.3 Å². The largest absolute Gasteiger partial charge is 0.444 e. The fourth-order valence-electron chi connectivity index (χ4n) is 2.46. The summed E-state index contributed by atoms with van der Waals surface area (Å²) in [5.74, 6) is 0. The van der Waals surface area contributed by atoms with Crippen molar-refractivity contribution in [3.05, 3.63) is 23.0 Å². The van der Waals surface area contributed by atoms with Crippen LogP contribution in [-0.2, 0) is 10.2 Å². The molecule has 0 fully saturated rings. The van der Waals surface area contributed by atoms with Gasteiger partial charge in [0.15, 0.2) is 4.96 Å². The van der Waals surface area contributed by atoms with E-state index in [-0.39, 0.29) is 0 Å². The molecular formula is C15H24N4O2S. The average Bonchev–Trinajstić information content (AvgIpc) is 2.93. The first kappa shape index (κ1) is 16.8. The normalized spacial score (nSPS) is 14.8. The highest BCUT2D eigenvalue weighted by atomic mass is 32.1. The molecule has 2 heterocycles. The minimum absolute atomic E-state index is 0.392. The van der Waals surface area contributed by atoms with Gasteiger partial charge in [0.25, 0.3) is 0 Å². The number of alkyl carbamates (subject to hydrolysis) is 1. The molecule has 7 heteroatoms. The zero-order chi connectivity index (χ0) is 16.5. The van der Waals surface area contributed by atoms with Crippen molar-refractivity contribution in [1.29, 1.82) is 0 Å². The number of aryl methyl sites for hydroxylation is 1. The molecular weight excluding hydrogens is 300 g/mol. The Hall–Kier alpha value is -1.60. The Bertz CT molecular complexity index is 671. The first-order valence-corrected chi connectivity index (χ1v) is 8.14. The second-order valence-corrected chi connectivity index (χ2v) is 7.59. The molecule has 0 bridgehead atoms. The molecule has 1 amide bonds. The number of hydrogen-bond acceptors (Lipinski definition) is 5. The van der Waals surface area contributed by atoms with Gasteiger partial charge in [-0.3, -0.25) is 4.40 Å². The monoisotopic (exact) mass is 324 g/mol. The summed E-state index contributed by atoms with van der Waals surface area (Å²) in [6.45, 7) is 10.3. The second kappa shape index (κ2) is 5.89. The maximum atomic E-state index is 11.9. The van der Waals surface area contributed by atoms with Crippen LogP contribution < -0.4 is 11.1 Å². The second-order valence-electron chi connectivity index (χ2n) is 6.72. The minimum Gasteiger partial charge on any atom is -0.444 e. The van der Waals surface area contributed by atoms with Crippen LogP contribution in [0.4, 0.5) is 4.79 Å². The van der Waals surface area contributed by atoms with E-state index < -0.39 is 17.1 Å². The van der Waals surface area contributed by atoms with Crippen LogP contribution >= 0.6 is 11.3 Å². The highest BCUT2D eigenvalue weighted by Crippen LogP contribution is 2.28. The zero-order valence-electron chi connectivity index (χ0n) is 13.8. The van der Waals surface area contributed by atoms with Gasteiger partial charge in [0, 0.05) is 30.1 Å². The minimum atomic E-state index is -0.518. The van der Waals surface area contributed by atoms with Gasteiger partial charge in [0.2, 0.25) is 0 Å². The number of carbonyl (C=O) groups excluding carboxylic acids is 1. The van der Waals surface area contributed by atoms with Crippen molar-refractivity contribution in [3.8, 4) is 0 Å². The van der Waals surface area contributed by atoms with Crippen LogP contribution in [0.1, 0.15) is 39.1 Å². The Labute approximate surface area is 134 Å². The summed E-state index contributed by atoms with van der Waals surface area (Å²) in [4.78, 5) is 17.4. The molecule has 1 unspecified atom stereocenters. The number of rotatable bonds is 4. The quantitative estimate of drug-likeness (QED) is 0.905. The van der Waals surface area contributed by atoms with Gasteiger partial charge in [-0.2, -0.15) is 0 Å². The van der Waals surface area contributed by atoms with Crippen LogP contribution in [0.3, 0.4) is 0 Å². The zero-order valence-corrected chi connectivity index (χ0v) is 14.6. The molecule has 2 rings (SSSR count). The van der Waals surface area contributed by atoms with E-state index in [1.165, 1.54) is 0 Å². The highest BCUT2D eigenvalue weighted by Gasteiger charge is 2.32. The van der Waals surface area contributed by atoms with Crippen LogP contribution in [0, 0.1) is 6.92 Å². The Kier molecular flexibility index (Phi) is 4.49. The number of ether oxygens (including phenoxy) is 1. The predicted octanol–water partition coefficient (Wildman–Crippen LogP) is 2.45. The summed E-state index contributed by atoms with van der Waals surface area (Å²) >= 11 is 1.58. The number of nitrogens with zero attached hydrogens (tertiary/aromatic N) is 2. The van der Waals surface area contributed by atoms with Gasteiger partial charge >= 0.3 is 6.09 Å². The molecule has 6 nitrogen and oxygen atoms in total. The molecule has 2 aromatic heterocycles. The van der Waals surface area contributed by atoms with E-state index in [2.05, 4.69) is 10.3 Å². The number of imidazole rings is 1. The van der Waals surface area contributed by atoms with E-state index in [0.717, 1.165) is 16.3 Å². The molecule has 22 heavy (non-hydrogen) atoms. The Morgan fingerprint density at radius 2 is 2.14 bits per heavy atom. The van der Waals surface area contributed by atoms with E-state index in [0.29, 0.717) is 13.1 Å².